The second kappa shape index (κ2) is 8.60. The Kier molecular flexibility index (Phi) is 5.97. The van der Waals surface area contributed by atoms with Gasteiger partial charge in [0.15, 0.2) is 11.5 Å². The van der Waals surface area contributed by atoms with Crippen LogP contribution < -0.4 is 15.0 Å². The molecule has 1 aromatic carbocycles. The number of carboxylic acids is 1. The van der Waals surface area contributed by atoms with E-state index < -0.39 is 5.97 Å². The standard InChI is InChI=1S/C22H22N2O5/c1-4-6-16-17(11-9-14-7-5-8-18(28-2)20(14)29-3)23-19-12-10-15(22(26)27)13-24(19)21(16)25/h5,7-13H,4,6H2,1-3H3,(H,26,27). The minimum atomic E-state index is -1.09. The molecule has 2 aromatic heterocycles. The molecule has 0 spiro atoms. The average Bonchev–Trinajstić information content (AvgIpc) is 2.73. The Labute approximate surface area is 167 Å². The predicted molar refractivity (Wildman–Crippen MR) is 111 cm³/mol. The van der Waals surface area contributed by atoms with Crippen molar-refractivity contribution in [3.8, 4) is 11.5 Å². The summed E-state index contributed by atoms with van der Waals surface area (Å²) in [5.41, 5.74) is 2.02. The van der Waals surface area contributed by atoms with Crippen LogP contribution in [0.1, 0.15) is 40.5 Å². The Bertz CT molecular complexity index is 1150. The van der Waals surface area contributed by atoms with E-state index in [9.17, 15) is 14.7 Å². The average molecular weight is 394 g/mol. The molecule has 7 nitrogen and oxygen atoms in total. The van der Waals surface area contributed by atoms with E-state index in [2.05, 4.69) is 4.98 Å². The van der Waals surface area contributed by atoms with Crippen molar-refractivity contribution >= 4 is 23.8 Å². The smallest absolute Gasteiger partial charge is 0.337 e. The van der Waals surface area contributed by atoms with Gasteiger partial charge < -0.3 is 14.6 Å². The van der Waals surface area contributed by atoms with Crippen LogP contribution in [0.2, 0.25) is 0 Å². The van der Waals surface area contributed by atoms with E-state index in [1.165, 1.54) is 22.7 Å². The molecule has 0 aliphatic rings. The van der Waals surface area contributed by atoms with Crippen LogP contribution in [0.25, 0.3) is 17.8 Å². The Morgan fingerprint density at radius 1 is 1.17 bits per heavy atom. The topological polar surface area (TPSA) is 90.1 Å². The molecule has 0 amide bonds. The first-order valence-electron chi connectivity index (χ1n) is 9.17. The van der Waals surface area contributed by atoms with Gasteiger partial charge in [-0.2, -0.15) is 0 Å². The van der Waals surface area contributed by atoms with Crippen LogP contribution in [-0.4, -0.2) is 34.7 Å². The van der Waals surface area contributed by atoms with Gasteiger partial charge in [-0.05, 0) is 36.8 Å². The molecule has 29 heavy (non-hydrogen) atoms. The van der Waals surface area contributed by atoms with Crippen molar-refractivity contribution in [2.24, 2.45) is 0 Å². The van der Waals surface area contributed by atoms with Crippen molar-refractivity contribution in [3.63, 3.8) is 0 Å². The minimum absolute atomic E-state index is 0.0354. The molecule has 0 saturated carbocycles. The molecule has 3 rings (SSSR count). The van der Waals surface area contributed by atoms with Gasteiger partial charge in [0, 0.05) is 17.3 Å². The lowest BCUT2D eigenvalue weighted by molar-refractivity contribution is 0.0696. The maximum atomic E-state index is 13.0. The van der Waals surface area contributed by atoms with E-state index in [1.807, 2.05) is 25.1 Å². The minimum Gasteiger partial charge on any atom is -0.493 e. The van der Waals surface area contributed by atoms with Gasteiger partial charge in [-0.1, -0.05) is 25.5 Å². The Morgan fingerprint density at radius 3 is 2.62 bits per heavy atom. The second-order valence-corrected chi connectivity index (χ2v) is 6.40. The largest absolute Gasteiger partial charge is 0.493 e. The summed E-state index contributed by atoms with van der Waals surface area (Å²) >= 11 is 0. The predicted octanol–water partition coefficient (Wildman–Crippen LogP) is 3.53. The number of hydrogen-bond acceptors (Lipinski definition) is 5. The van der Waals surface area contributed by atoms with Gasteiger partial charge in [0.25, 0.3) is 5.56 Å². The number of rotatable bonds is 7. The number of fused-ring (bicyclic) bond motifs is 1. The van der Waals surface area contributed by atoms with Gasteiger partial charge >= 0.3 is 5.97 Å². The molecule has 150 valence electrons. The summed E-state index contributed by atoms with van der Waals surface area (Å²) in [7, 11) is 3.14. The molecular formula is C22H22N2O5. The zero-order valence-electron chi connectivity index (χ0n) is 16.5. The Balaban J connectivity index is 2.15. The molecule has 7 heteroatoms. The summed E-state index contributed by atoms with van der Waals surface area (Å²) in [6, 6.07) is 8.50. The normalized spacial score (nSPS) is 11.1. The molecule has 0 unspecified atom stereocenters. The summed E-state index contributed by atoms with van der Waals surface area (Å²) in [5, 5.41) is 9.20. The number of hydrogen-bond donors (Lipinski definition) is 1. The number of benzene rings is 1. The third kappa shape index (κ3) is 3.99. The number of carbonyl (C=O) groups is 1. The lowest BCUT2D eigenvalue weighted by Gasteiger charge is -2.11. The van der Waals surface area contributed by atoms with Crippen LogP contribution in [0.4, 0.5) is 0 Å². The van der Waals surface area contributed by atoms with Crippen molar-refractivity contribution in [1.82, 2.24) is 9.38 Å². The number of para-hydroxylation sites is 1. The summed E-state index contributed by atoms with van der Waals surface area (Å²) < 4.78 is 12.1. The molecule has 3 aromatic rings. The van der Waals surface area contributed by atoms with Crippen LogP contribution in [0.15, 0.2) is 41.3 Å². The number of pyridine rings is 1. The van der Waals surface area contributed by atoms with Gasteiger partial charge in [-0.15, -0.1) is 0 Å². The van der Waals surface area contributed by atoms with Gasteiger partial charge in [0.1, 0.15) is 5.65 Å². The third-order valence-corrected chi connectivity index (χ3v) is 4.55. The summed E-state index contributed by atoms with van der Waals surface area (Å²) in [4.78, 5) is 28.8. The number of methoxy groups -OCH3 is 2. The summed E-state index contributed by atoms with van der Waals surface area (Å²) in [6.07, 6.45) is 6.19. The van der Waals surface area contributed by atoms with E-state index in [0.717, 1.165) is 12.0 Å². The molecule has 2 heterocycles. The van der Waals surface area contributed by atoms with Crippen LogP contribution >= 0.6 is 0 Å². The van der Waals surface area contributed by atoms with Gasteiger partial charge in [0.2, 0.25) is 0 Å². The number of carboxylic acid groups (broad SMARTS) is 1. The maximum absolute atomic E-state index is 13.0. The molecule has 0 aliphatic carbocycles. The Hall–Kier alpha value is -3.61. The van der Waals surface area contributed by atoms with Crippen molar-refractivity contribution < 1.29 is 19.4 Å². The Morgan fingerprint density at radius 2 is 1.97 bits per heavy atom. The number of ether oxygens (including phenoxy) is 2. The number of aromatic carboxylic acids is 1. The number of aromatic nitrogens is 2. The van der Waals surface area contributed by atoms with Crippen molar-refractivity contribution in [3.05, 3.63) is 69.3 Å². The highest BCUT2D eigenvalue weighted by Crippen LogP contribution is 2.32. The summed E-state index contributed by atoms with van der Waals surface area (Å²) in [6.45, 7) is 1.97. The van der Waals surface area contributed by atoms with Crippen LogP contribution in [0.5, 0.6) is 11.5 Å². The molecule has 0 bridgehead atoms. The van der Waals surface area contributed by atoms with Gasteiger partial charge in [-0.25, -0.2) is 9.78 Å². The molecule has 0 aliphatic heterocycles. The van der Waals surface area contributed by atoms with Crippen molar-refractivity contribution in [1.29, 1.82) is 0 Å². The zero-order valence-corrected chi connectivity index (χ0v) is 16.5. The fraction of sp³-hybridized carbons (Fsp3) is 0.227. The zero-order chi connectivity index (χ0) is 21.0. The van der Waals surface area contributed by atoms with Crippen LogP contribution in [-0.2, 0) is 6.42 Å². The fourth-order valence-corrected chi connectivity index (χ4v) is 3.15. The highest BCUT2D eigenvalue weighted by atomic mass is 16.5. The van der Waals surface area contributed by atoms with E-state index in [1.54, 1.807) is 26.4 Å². The van der Waals surface area contributed by atoms with Crippen LogP contribution in [0, 0.1) is 0 Å². The maximum Gasteiger partial charge on any atom is 0.337 e. The number of nitrogens with zero attached hydrogens (tertiary/aromatic N) is 2. The van der Waals surface area contributed by atoms with E-state index in [0.29, 0.717) is 34.8 Å². The van der Waals surface area contributed by atoms with Crippen molar-refractivity contribution in [2.45, 2.75) is 19.8 Å². The first kappa shape index (κ1) is 20.1. The first-order valence-corrected chi connectivity index (χ1v) is 9.17. The molecule has 0 fully saturated rings. The highest BCUT2D eigenvalue weighted by Gasteiger charge is 2.13. The SMILES string of the molecule is CCCc1c(C=Cc2cccc(OC)c2OC)nc2ccc(C(=O)O)cn2c1=O. The second-order valence-electron chi connectivity index (χ2n) is 6.40. The highest BCUT2D eigenvalue weighted by molar-refractivity contribution is 5.87. The van der Waals surface area contributed by atoms with Crippen LogP contribution in [0.3, 0.4) is 0 Å². The quantitative estimate of drug-likeness (QED) is 0.659. The van der Waals surface area contributed by atoms with Crippen molar-refractivity contribution in [2.75, 3.05) is 14.2 Å². The molecule has 0 atom stereocenters. The summed E-state index contributed by atoms with van der Waals surface area (Å²) in [5.74, 6) is 0.105. The fourth-order valence-electron chi connectivity index (χ4n) is 3.15. The van der Waals surface area contributed by atoms with E-state index >= 15 is 0 Å². The van der Waals surface area contributed by atoms with E-state index in [4.69, 9.17) is 9.47 Å². The molecular weight excluding hydrogens is 372 g/mol. The van der Waals surface area contributed by atoms with Gasteiger partial charge in [-0.3, -0.25) is 9.20 Å². The lowest BCUT2D eigenvalue weighted by Crippen LogP contribution is -2.22. The first-order chi connectivity index (χ1) is 14.0. The van der Waals surface area contributed by atoms with Gasteiger partial charge in [0.05, 0.1) is 25.5 Å². The third-order valence-electron chi connectivity index (χ3n) is 4.55. The molecule has 0 radical (unpaired) electrons. The van der Waals surface area contributed by atoms with E-state index in [-0.39, 0.29) is 11.1 Å². The lowest BCUT2D eigenvalue weighted by atomic mass is 10.1. The molecule has 0 saturated heterocycles. The monoisotopic (exact) mass is 394 g/mol. The molecule has 1 N–H and O–H groups in total.